The lowest BCUT2D eigenvalue weighted by molar-refractivity contribution is 0.0966. The molecular weight excluding hydrogens is 430 g/mol. The second kappa shape index (κ2) is 9.23. The van der Waals surface area contributed by atoms with E-state index in [2.05, 4.69) is 11.0 Å². The molecule has 174 valence electrons. The first kappa shape index (κ1) is 22.0. The fourth-order valence-electron chi connectivity index (χ4n) is 4.54. The Morgan fingerprint density at radius 2 is 1.76 bits per heavy atom. The molecule has 1 aliphatic rings. The van der Waals surface area contributed by atoms with E-state index >= 15 is 0 Å². The van der Waals surface area contributed by atoms with Gasteiger partial charge in [-0.3, -0.25) is 9.69 Å². The lowest BCUT2D eigenvalue weighted by Crippen LogP contribution is -2.34. The van der Waals surface area contributed by atoms with Crippen molar-refractivity contribution in [3.8, 4) is 28.4 Å². The second-order valence-electron chi connectivity index (χ2n) is 8.40. The van der Waals surface area contributed by atoms with Gasteiger partial charge in [0.1, 0.15) is 35.3 Å². The van der Waals surface area contributed by atoms with Crippen molar-refractivity contribution in [2.75, 3.05) is 27.5 Å². The third kappa shape index (κ3) is 4.01. The Hall–Kier alpha value is -3.77. The standard InChI is InChI=1S/C28H27NO5/c1-18-26(20-8-10-21(31-2)11-9-20)27(30)22-12-13-25-23(28(22)34-18)16-29(17-33-25)15-14-19-6-4-5-7-24(19)32-3/h4-13H,14-17H2,1-3H3. The van der Waals surface area contributed by atoms with Crippen LogP contribution in [0, 0.1) is 6.92 Å². The van der Waals surface area contributed by atoms with Crippen molar-refractivity contribution in [2.45, 2.75) is 19.9 Å². The second-order valence-corrected chi connectivity index (χ2v) is 8.40. The molecule has 0 aliphatic carbocycles. The van der Waals surface area contributed by atoms with Gasteiger partial charge in [-0.15, -0.1) is 0 Å². The van der Waals surface area contributed by atoms with Gasteiger partial charge in [0.15, 0.2) is 0 Å². The lowest BCUT2D eigenvalue weighted by atomic mass is 10.0. The van der Waals surface area contributed by atoms with Crippen LogP contribution >= 0.6 is 0 Å². The first-order valence-electron chi connectivity index (χ1n) is 11.3. The van der Waals surface area contributed by atoms with Crippen molar-refractivity contribution in [2.24, 2.45) is 0 Å². The summed E-state index contributed by atoms with van der Waals surface area (Å²) in [6.45, 7) is 3.76. The summed E-state index contributed by atoms with van der Waals surface area (Å²) < 4.78 is 23.0. The van der Waals surface area contributed by atoms with Crippen molar-refractivity contribution in [3.63, 3.8) is 0 Å². The summed E-state index contributed by atoms with van der Waals surface area (Å²) in [7, 11) is 3.31. The number of rotatable bonds is 6. The van der Waals surface area contributed by atoms with E-state index in [1.54, 1.807) is 20.3 Å². The molecular formula is C28H27NO5. The number of benzene rings is 3. The van der Waals surface area contributed by atoms with Crippen LogP contribution in [-0.4, -0.2) is 32.4 Å². The predicted molar refractivity (Wildman–Crippen MR) is 132 cm³/mol. The summed E-state index contributed by atoms with van der Waals surface area (Å²) in [6.07, 6.45) is 0.831. The van der Waals surface area contributed by atoms with Gasteiger partial charge in [0.25, 0.3) is 0 Å². The van der Waals surface area contributed by atoms with Crippen LogP contribution in [0.15, 0.2) is 69.9 Å². The third-order valence-electron chi connectivity index (χ3n) is 6.35. The van der Waals surface area contributed by atoms with E-state index in [4.69, 9.17) is 18.6 Å². The normalized spacial score (nSPS) is 13.4. The maximum absolute atomic E-state index is 13.5. The van der Waals surface area contributed by atoms with E-state index in [-0.39, 0.29) is 5.43 Å². The van der Waals surface area contributed by atoms with Crippen molar-refractivity contribution in [1.82, 2.24) is 4.90 Å². The summed E-state index contributed by atoms with van der Waals surface area (Å²) in [5.74, 6) is 2.98. The SMILES string of the molecule is COc1ccc(-c2c(C)oc3c4c(ccc3c2=O)OCN(CCc2ccccc2OC)C4)cc1. The predicted octanol–water partition coefficient (Wildman–Crippen LogP) is 5.18. The Labute approximate surface area is 198 Å². The first-order chi connectivity index (χ1) is 16.6. The number of hydrogen-bond donors (Lipinski definition) is 0. The van der Waals surface area contributed by atoms with Gasteiger partial charge >= 0.3 is 0 Å². The first-order valence-corrected chi connectivity index (χ1v) is 11.3. The molecule has 2 heterocycles. The largest absolute Gasteiger partial charge is 0.497 e. The molecule has 3 aromatic carbocycles. The van der Waals surface area contributed by atoms with Crippen LogP contribution in [0.4, 0.5) is 0 Å². The fraction of sp³-hybridized carbons (Fsp3) is 0.250. The summed E-state index contributed by atoms with van der Waals surface area (Å²) >= 11 is 0. The van der Waals surface area contributed by atoms with Crippen molar-refractivity contribution < 1.29 is 18.6 Å². The molecule has 0 saturated heterocycles. The highest BCUT2D eigenvalue weighted by Gasteiger charge is 2.24. The molecule has 0 amide bonds. The molecule has 0 spiro atoms. The molecule has 6 heteroatoms. The number of para-hydroxylation sites is 1. The lowest BCUT2D eigenvalue weighted by Gasteiger charge is -2.29. The molecule has 5 rings (SSSR count). The Morgan fingerprint density at radius 3 is 2.53 bits per heavy atom. The maximum atomic E-state index is 13.5. The zero-order valence-corrected chi connectivity index (χ0v) is 19.6. The van der Waals surface area contributed by atoms with Gasteiger partial charge in [0, 0.05) is 13.1 Å². The Kier molecular flexibility index (Phi) is 5.99. The minimum Gasteiger partial charge on any atom is -0.497 e. The van der Waals surface area contributed by atoms with Crippen LogP contribution in [0.3, 0.4) is 0 Å². The van der Waals surface area contributed by atoms with Crippen LogP contribution in [0.1, 0.15) is 16.9 Å². The number of nitrogens with zero attached hydrogens (tertiary/aromatic N) is 1. The number of methoxy groups -OCH3 is 2. The molecule has 0 bridgehead atoms. The molecule has 0 fully saturated rings. The van der Waals surface area contributed by atoms with E-state index in [1.165, 1.54) is 0 Å². The molecule has 0 saturated carbocycles. The molecule has 0 unspecified atom stereocenters. The fourth-order valence-corrected chi connectivity index (χ4v) is 4.54. The van der Waals surface area contributed by atoms with Gasteiger partial charge in [-0.25, -0.2) is 0 Å². The molecule has 0 atom stereocenters. The van der Waals surface area contributed by atoms with Gasteiger partial charge < -0.3 is 18.6 Å². The molecule has 1 aliphatic heterocycles. The highest BCUT2D eigenvalue weighted by atomic mass is 16.5. The summed E-state index contributed by atoms with van der Waals surface area (Å²) in [6, 6.07) is 19.2. The molecule has 34 heavy (non-hydrogen) atoms. The minimum absolute atomic E-state index is 0.0436. The number of ether oxygens (including phenoxy) is 3. The van der Waals surface area contributed by atoms with Crippen LogP contribution in [0.25, 0.3) is 22.1 Å². The maximum Gasteiger partial charge on any atom is 0.200 e. The van der Waals surface area contributed by atoms with Gasteiger partial charge in [0.05, 0.1) is 30.7 Å². The molecule has 1 aromatic heterocycles. The monoisotopic (exact) mass is 457 g/mol. The smallest absolute Gasteiger partial charge is 0.200 e. The highest BCUT2D eigenvalue weighted by Crippen LogP contribution is 2.34. The van der Waals surface area contributed by atoms with Gasteiger partial charge in [-0.05, 0) is 54.8 Å². The minimum atomic E-state index is -0.0436. The molecule has 6 nitrogen and oxygen atoms in total. The quantitative estimate of drug-likeness (QED) is 0.398. The van der Waals surface area contributed by atoms with Crippen LogP contribution < -0.4 is 19.6 Å². The average molecular weight is 458 g/mol. The Balaban J connectivity index is 1.46. The summed E-state index contributed by atoms with van der Waals surface area (Å²) in [5.41, 5.74) is 3.99. The van der Waals surface area contributed by atoms with Crippen LogP contribution in [0.5, 0.6) is 17.2 Å². The van der Waals surface area contributed by atoms with Crippen molar-refractivity contribution >= 4 is 11.0 Å². The number of aryl methyl sites for hydroxylation is 1. The van der Waals surface area contributed by atoms with E-state index in [9.17, 15) is 4.79 Å². The van der Waals surface area contributed by atoms with E-state index in [0.29, 0.717) is 35.6 Å². The Morgan fingerprint density at radius 1 is 0.971 bits per heavy atom. The van der Waals surface area contributed by atoms with E-state index < -0.39 is 0 Å². The molecule has 0 N–H and O–H groups in total. The zero-order valence-electron chi connectivity index (χ0n) is 19.6. The van der Waals surface area contributed by atoms with E-state index in [0.717, 1.165) is 46.9 Å². The zero-order chi connectivity index (χ0) is 23.7. The third-order valence-corrected chi connectivity index (χ3v) is 6.35. The van der Waals surface area contributed by atoms with Gasteiger partial charge in [0.2, 0.25) is 5.43 Å². The van der Waals surface area contributed by atoms with Crippen LogP contribution in [-0.2, 0) is 13.0 Å². The molecule has 4 aromatic rings. The Bertz CT molecular complexity index is 1390. The van der Waals surface area contributed by atoms with E-state index in [1.807, 2.05) is 55.5 Å². The van der Waals surface area contributed by atoms with Crippen LogP contribution in [0.2, 0.25) is 0 Å². The number of fused-ring (bicyclic) bond motifs is 3. The highest BCUT2D eigenvalue weighted by molar-refractivity contribution is 5.86. The summed E-state index contributed by atoms with van der Waals surface area (Å²) in [5, 5.41) is 0.561. The summed E-state index contributed by atoms with van der Waals surface area (Å²) in [4.78, 5) is 15.7. The van der Waals surface area contributed by atoms with Crippen molar-refractivity contribution in [3.05, 3.63) is 87.8 Å². The molecule has 0 radical (unpaired) electrons. The van der Waals surface area contributed by atoms with Crippen molar-refractivity contribution in [1.29, 1.82) is 0 Å². The average Bonchev–Trinajstić information content (AvgIpc) is 2.88. The van der Waals surface area contributed by atoms with Gasteiger partial charge in [-0.2, -0.15) is 0 Å². The topological polar surface area (TPSA) is 61.1 Å². The number of hydrogen-bond acceptors (Lipinski definition) is 6. The van der Waals surface area contributed by atoms with Gasteiger partial charge in [-0.1, -0.05) is 30.3 Å².